The van der Waals surface area contributed by atoms with Crippen molar-refractivity contribution >= 4 is 11.9 Å². The van der Waals surface area contributed by atoms with Crippen LogP contribution in [0.4, 0.5) is 13.2 Å². The number of nitrogens with one attached hydrogen (secondary N) is 2. The largest absolute Gasteiger partial charge is 0.490 e. The zero-order chi connectivity index (χ0) is 21.1. The normalized spacial score (nSPS) is 21.4. The minimum atomic E-state index is -5.08. The maximum atomic E-state index is 12.2. The van der Waals surface area contributed by atoms with E-state index >= 15 is 0 Å². The number of hydrogen-bond donors (Lipinski definition) is 3. The first-order valence-corrected chi connectivity index (χ1v) is 9.33. The predicted octanol–water partition coefficient (Wildman–Crippen LogP) is 3.70. The Balaban J connectivity index is 0.000000345. The molecular weight excluding hydrogens is 373 g/mol. The maximum Gasteiger partial charge on any atom is 0.490 e. The quantitative estimate of drug-likeness (QED) is 0.704. The van der Waals surface area contributed by atoms with Crippen molar-refractivity contribution in [3.63, 3.8) is 0 Å². The maximum absolute atomic E-state index is 12.2. The van der Waals surface area contributed by atoms with Gasteiger partial charge < -0.3 is 15.7 Å². The molecule has 1 aromatic carbocycles. The van der Waals surface area contributed by atoms with Crippen LogP contribution in [0.25, 0.3) is 0 Å². The van der Waals surface area contributed by atoms with Crippen LogP contribution in [0.2, 0.25) is 0 Å². The third-order valence-electron chi connectivity index (χ3n) is 4.46. The summed E-state index contributed by atoms with van der Waals surface area (Å²) in [4.78, 5) is 21.1. The van der Waals surface area contributed by atoms with Crippen LogP contribution < -0.4 is 10.6 Å². The lowest BCUT2D eigenvalue weighted by Crippen LogP contribution is -2.40. The van der Waals surface area contributed by atoms with Crippen LogP contribution in [0.3, 0.4) is 0 Å². The van der Waals surface area contributed by atoms with E-state index in [1.54, 1.807) is 0 Å². The molecule has 0 aromatic heterocycles. The molecule has 2 atom stereocenters. The molecule has 2 aliphatic rings. The van der Waals surface area contributed by atoms with Crippen molar-refractivity contribution in [3.8, 4) is 0 Å². The van der Waals surface area contributed by atoms with Gasteiger partial charge in [-0.1, -0.05) is 12.1 Å². The third kappa shape index (κ3) is 7.50. The summed E-state index contributed by atoms with van der Waals surface area (Å²) < 4.78 is 31.7. The monoisotopic (exact) mass is 400 g/mol. The SMILES string of the molecule is CC(C)(C)NC(=O)c1cccc(C2CC2NCC2CC2)c1.O=C(O)C(F)(F)F. The number of aliphatic carboxylic acids is 1. The Morgan fingerprint density at radius 2 is 1.79 bits per heavy atom. The van der Waals surface area contributed by atoms with Gasteiger partial charge in [0, 0.05) is 23.1 Å². The first-order chi connectivity index (χ1) is 12.9. The van der Waals surface area contributed by atoms with E-state index in [4.69, 9.17) is 9.90 Å². The highest BCUT2D eigenvalue weighted by Gasteiger charge is 2.39. The van der Waals surface area contributed by atoms with Crippen LogP contribution in [-0.2, 0) is 4.79 Å². The molecule has 2 saturated carbocycles. The molecule has 156 valence electrons. The molecule has 28 heavy (non-hydrogen) atoms. The zero-order valence-electron chi connectivity index (χ0n) is 16.3. The summed E-state index contributed by atoms with van der Waals surface area (Å²) in [6.45, 7) is 7.19. The van der Waals surface area contributed by atoms with Gasteiger partial charge in [-0.2, -0.15) is 13.2 Å². The number of rotatable bonds is 5. The lowest BCUT2D eigenvalue weighted by atomic mass is 10.0. The highest BCUT2D eigenvalue weighted by Crippen LogP contribution is 2.41. The second kappa shape index (κ2) is 8.51. The fourth-order valence-electron chi connectivity index (χ4n) is 2.75. The van der Waals surface area contributed by atoms with Crippen molar-refractivity contribution in [3.05, 3.63) is 35.4 Å². The standard InChI is InChI=1S/C18H26N2O.C2HF3O2/c1-18(2,3)20-17(21)14-6-4-5-13(9-14)15-10-16(15)19-11-12-7-8-12;3-2(4,5)1(6)7/h4-6,9,12,15-16,19H,7-8,10-11H2,1-3H3,(H,20,21);(H,6,7). The van der Waals surface area contributed by atoms with E-state index in [0.29, 0.717) is 12.0 Å². The molecule has 0 bridgehead atoms. The molecule has 2 aliphatic carbocycles. The van der Waals surface area contributed by atoms with E-state index in [1.807, 2.05) is 32.9 Å². The van der Waals surface area contributed by atoms with E-state index < -0.39 is 12.1 Å². The highest BCUT2D eigenvalue weighted by atomic mass is 19.4. The molecule has 5 nitrogen and oxygen atoms in total. The predicted molar refractivity (Wildman–Crippen MR) is 99.2 cm³/mol. The Hall–Kier alpha value is -2.09. The number of benzene rings is 1. The first kappa shape index (κ1) is 22.2. The number of halogens is 3. The van der Waals surface area contributed by atoms with Crippen molar-refractivity contribution in [2.75, 3.05) is 6.54 Å². The zero-order valence-corrected chi connectivity index (χ0v) is 16.3. The Kier molecular flexibility index (Phi) is 6.75. The van der Waals surface area contributed by atoms with Crippen LogP contribution in [-0.4, -0.2) is 41.3 Å². The van der Waals surface area contributed by atoms with Gasteiger partial charge in [0.25, 0.3) is 5.91 Å². The summed E-state index contributed by atoms with van der Waals surface area (Å²) in [6.07, 6.45) is -1.09. The molecule has 1 aromatic rings. The molecular formula is C20H27F3N2O3. The van der Waals surface area contributed by atoms with Gasteiger partial charge in [-0.3, -0.25) is 4.79 Å². The summed E-state index contributed by atoms with van der Waals surface area (Å²) in [5, 5.41) is 13.8. The van der Waals surface area contributed by atoms with Gasteiger partial charge in [0.1, 0.15) is 0 Å². The first-order valence-electron chi connectivity index (χ1n) is 9.33. The fourth-order valence-corrected chi connectivity index (χ4v) is 2.75. The van der Waals surface area contributed by atoms with Gasteiger partial charge in [0.15, 0.2) is 0 Å². The van der Waals surface area contributed by atoms with Crippen LogP contribution in [0.5, 0.6) is 0 Å². The molecule has 3 rings (SSSR count). The van der Waals surface area contributed by atoms with E-state index in [0.717, 1.165) is 11.5 Å². The molecule has 2 fully saturated rings. The minimum Gasteiger partial charge on any atom is -0.475 e. The molecule has 0 saturated heterocycles. The van der Waals surface area contributed by atoms with Gasteiger partial charge in [-0.15, -0.1) is 0 Å². The van der Waals surface area contributed by atoms with E-state index in [-0.39, 0.29) is 11.4 Å². The van der Waals surface area contributed by atoms with Crippen LogP contribution >= 0.6 is 0 Å². The van der Waals surface area contributed by atoms with Crippen LogP contribution in [0.15, 0.2) is 24.3 Å². The van der Waals surface area contributed by atoms with Crippen LogP contribution in [0, 0.1) is 5.92 Å². The summed E-state index contributed by atoms with van der Waals surface area (Å²) in [5.74, 6) is -1.22. The van der Waals surface area contributed by atoms with Crippen molar-refractivity contribution in [2.24, 2.45) is 5.92 Å². The number of carboxylic acids is 1. The number of alkyl halides is 3. The van der Waals surface area contributed by atoms with Crippen molar-refractivity contribution in [1.29, 1.82) is 0 Å². The van der Waals surface area contributed by atoms with Crippen LogP contribution in [0.1, 0.15) is 61.9 Å². The number of carboxylic acid groups (broad SMARTS) is 1. The fraction of sp³-hybridized carbons (Fsp3) is 0.600. The lowest BCUT2D eigenvalue weighted by Gasteiger charge is -2.20. The van der Waals surface area contributed by atoms with Crippen molar-refractivity contribution in [2.45, 2.75) is 63.7 Å². The van der Waals surface area contributed by atoms with Gasteiger partial charge in [0.05, 0.1) is 0 Å². The average molecular weight is 400 g/mol. The molecule has 0 heterocycles. The Bertz CT molecular complexity index is 709. The molecule has 1 amide bonds. The second-order valence-corrected chi connectivity index (χ2v) is 8.43. The van der Waals surface area contributed by atoms with Gasteiger partial charge in [0.2, 0.25) is 0 Å². The smallest absolute Gasteiger partial charge is 0.475 e. The molecule has 3 N–H and O–H groups in total. The molecule has 0 aliphatic heterocycles. The number of amides is 1. The number of carbonyl (C=O) groups excluding carboxylic acids is 1. The van der Waals surface area contributed by atoms with E-state index in [2.05, 4.69) is 22.8 Å². The molecule has 2 unspecified atom stereocenters. The lowest BCUT2D eigenvalue weighted by molar-refractivity contribution is -0.192. The molecule has 0 spiro atoms. The second-order valence-electron chi connectivity index (χ2n) is 8.43. The summed E-state index contributed by atoms with van der Waals surface area (Å²) >= 11 is 0. The van der Waals surface area contributed by atoms with Crippen molar-refractivity contribution in [1.82, 2.24) is 10.6 Å². The van der Waals surface area contributed by atoms with E-state index in [9.17, 15) is 18.0 Å². The van der Waals surface area contributed by atoms with Gasteiger partial charge >= 0.3 is 12.1 Å². The Morgan fingerprint density at radius 1 is 1.18 bits per heavy atom. The number of carbonyl (C=O) groups is 2. The average Bonchev–Trinajstić information content (AvgIpc) is 3.45. The topological polar surface area (TPSA) is 78.4 Å². The van der Waals surface area contributed by atoms with E-state index in [1.165, 1.54) is 31.4 Å². The van der Waals surface area contributed by atoms with Gasteiger partial charge in [-0.25, -0.2) is 4.79 Å². The summed E-state index contributed by atoms with van der Waals surface area (Å²) in [6, 6.07) is 8.73. The molecule has 8 heteroatoms. The Labute approximate surface area is 162 Å². The summed E-state index contributed by atoms with van der Waals surface area (Å²) in [7, 11) is 0. The molecule has 0 radical (unpaired) electrons. The van der Waals surface area contributed by atoms with Crippen molar-refractivity contribution < 1.29 is 27.9 Å². The highest BCUT2D eigenvalue weighted by molar-refractivity contribution is 5.94. The summed E-state index contributed by atoms with van der Waals surface area (Å²) in [5.41, 5.74) is 1.88. The number of hydrogen-bond acceptors (Lipinski definition) is 3. The third-order valence-corrected chi connectivity index (χ3v) is 4.46. The van der Waals surface area contributed by atoms with Gasteiger partial charge in [-0.05, 0) is 70.2 Å². The Morgan fingerprint density at radius 3 is 2.29 bits per heavy atom. The minimum absolute atomic E-state index is 0.0208.